The first-order chi connectivity index (χ1) is 9.46. The molecule has 0 unspecified atom stereocenters. The van der Waals surface area contributed by atoms with Crippen molar-refractivity contribution in [2.75, 3.05) is 6.54 Å². The summed E-state index contributed by atoms with van der Waals surface area (Å²) >= 11 is 0. The fourth-order valence-electron chi connectivity index (χ4n) is 2.01. The summed E-state index contributed by atoms with van der Waals surface area (Å²) < 4.78 is 5.42. The van der Waals surface area contributed by atoms with E-state index in [1.165, 1.54) is 6.92 Å². The monoisotopic (exact) mass is 277 g/mol. The molecule has 20 heavy (non-hydrogen) atoms. The van der Waals surface area contributed by atoms with Crippen LogP contribution in [-0.4, -0.2) is 24.5 Å². The molecule has 0 aromatic rings. The van der Waals surface area contributed by atoms with Gasteiger partial charge in [-0.25, -0.2) is 4.79 Å². The highest BCUT2D eigenvalue weighted by Gasteiger charge is 2.32. The van der Waals surface area contributed by atoms with Crippen molar-refractivity contribution in [3.8, 4) is 0 Å². The second kappa shape index (κ2) is 7.68. The van der Waals surface area contributed by atoms with Crippen LogP contribution in [0.5, 0.6) is 0 Å². The third-order valence-electron chi connectivity index (χ3n) is 3.36. The lowest BCUT2D eigenvalue weighted by atomic mass is 9.82. The molecule has 1 aliphatic carbocycles. The van der Waals surface area contributed by atoms with Gasteiger partial charge in [-0.3, -0.25) is 4.79 Å². The van der Waals surface area contributed by atoms with Crippen molar-refractivity contribution in [1.29, 1.82) is 0 Å². The van der Waals surface area contributed by atoms with Crippen molar-refractivity contribution in [3.05, 3.63) is 36.0 Å². The first kappa shape index (κ1) is 16.2. The summed E-state index contributed by atoms with van der Waals surface area (Å²) in [7, 11) is 0. The van der Waals surface area contributed by atoms with E-state index in [4.69, 9.17) is 4.74 Å². The number of ether oxygens (including phenoxy) is 1. The van der Waals surface area contributed by atoms with Gasteiger partial charge in [-0.2, -0.15) is 0 Å². The topological polar surface area (TPSA) is 55.4 Å². The van der Waals surface area contributed by atoms with Gasteiger partial charge in [0.2, 0.25) is 5.91 Å². The average Bonchev–Trinajstić information content (AvgIpc) is 2.37. The highest BCUT2D eigenvalue weighted by molar-refractivity contribution is 5.91. The minimum atomic E-state index is -0.295. The summed E-state index contributed by atoms with van der Waals surface area (Å²) in [5.41, 5.74) is 1.47. The Morgan fingerprint density at radius 2 is 2.00 bits per heavy atom. The van der Waals surface area contributed by atoms with Crippen molar-refractivity contribution >= 4 is 11.9 Å². The lowest BCUT2D eigenvalue weighted by molar-refractivity contribution is -0.150. The molecule has 0 bridgehead atoms. The molecule has 110 valence electrons. The van der Waals surface area contributed by atoms with Gasteiger partial charge in [0.1, 0.15) is 6.10 Å². The largest absolute Gasteiger partial charge is 0.459 e. The average molecular weight is 277 g/mol. The number of carbonyl (C=O) groups excluding carboxylic acids is 2. The summed E-state index contributed by atoms with van der Waals surface area (Å²) in [5, 5.41) is 2.78. The van der Waals surface area contributed by atoms with Crippen LogP contribution >= 0.6 is 0 Å². The number of hydrogen-bond donors (Lipinski definition) is 1. The van der Waals surface area contributed by atoms with E-state index in [1.807, 2.05) is 13.8 Å². The highest BCUT2D eigenvalue weighted by atomic mass is 16.5. The molecule has 1 aliphatic rings. The van der Waals surface area contributed by atoms with Gasteiger partial charge in [-0.15, -0.1) is 0 Å². The molecule has 0 radical (unpaired) electrons. The van der Waals surface area contributed by atoms with Gasteiger partial charge in [0.25, 0.3) is 0 Å². The van der Waals surface area contributed by atoms with E-state index in [-0.39, 0.29) is 18.0 Å². The van der Waals surface area contributed by atoms with Crippen molar-refractivity contribution < 1.29 is 14.3 Å². The van der Waals surface area contributed by atoms with Crippen molar-refractivity contribution in [2.24, 2.45) is 5.92 Å². The highest BCUT2D eigenvalue weighted by Crippen LogP contribution is 2.30. The van der Waals surface area contributed by atoms with Gasteiger partial charge in [0.15, 0.2) is 0 Å². The zero-order chi connectivity index (χ0) is 15.1. The molecule has 0 aliphatic heterocycles. The molecule has 0 heterocycles. The van der Waals surface area contributed by atoms with Crippen LogP contribution in [0.25, 0.3) is 0 Å². The molecule has 1 N–H and O–H groups in total. The predicted molar refractivity (Wildman–Crippen MR) is 79.0 cm³/mol. The normalized spacial score (nSPS) is 22.8. The summed E-state index contributed by atoms with van der Waals surface area (Å²) in [5.74, 6) is 0.0968. The molecule has 0 saturated heterocycles. The Labute approximate surface area is 120 Å². The van der Waals surface area contributed by atoms with Gasteiger partial charge in [-0.1, -0.05) is 24.3 Å². The van der Waals surface area contributed by atoms with E-state index >= 15 is 0 Å². The SMILES string of the molecule is C=C/C(C)=C\C(=C/C)C(=O)OC1CC(CNC(C)=O)C1. The Balaban J connectivity index is 2.38. The van der Waals surface area contributed by atoms with Gasteiger partial charge in [0.05, 0.1) is 5.57 Å². The number of esters is 1. The summed E-state index contributed by atoms with van der Waals surface area (Å²) in [6.07, 6.45) is 6.80. The first-order valence-electron chi connectivity index (χ1n) is 6.88. The smallest absolute Gasteiger partial charge is 0.338 e. The van der Waals surface area contributed by atoms with Crippen molar-refractivity contribution in [1.82, 2.24) is 5.32 Å². The van der Waals surface area contributed by atoms with Crippen LogP contribution < -0.4 is 5.32 Å². The number of rotatable bonds is 6. The van der Waals surface area contributed by atoms with E-state index < -0.39 is 0 Å². The van der Waals surface area contributed by atoms with Crippen LogP contribution in [0.1, 0.15) is 33.6 Å². The van der Waals surface area contributed by atoms with Crippen LogP contribution in [0.15, 0.2) is 36.0 Å². The maximum absolute atomic E-state index is 12.0. The van der Waals surface area contributed by atoms with Crippen LogP contribution in [0.4, 0.5) is 0 Å². The number of amides is 1. The zero-order valence-electron chi connectivity index (χ0n) is 12.4. The van der Waals surface area contributed by atoms with Gasteiger partial charge < -0.3 is 10.1 Å². The standard InChI is InChI=1S/C16H23NO3/c1-5-11(3)7-14(6-2)16(19)20-15-8-13(9-15)10-17-12(4)18/h5-7,13,15H,1,8-10H2,2-4H3,(H,17,18)/b11-7-,14-6+. The van der Waals surface area contributed by atoms with E-state index in [0.717, 1.165) is 18.4 Å². The molecular formula is C16H23NO3. The fourth-order valence-corrected chi connectivity index (χ4v) is 2.01. The van der Waals surface area contributed by atoms with Gasteiger partial charge in [-0.05, 0) is 38.7 Å². The van der Waals surface area contributed by atoms with Crippen molar-refractivity contribution in [2.45, 2.75) is 39.7 Å². The Hall–Kier alpha value is -1.84. The molecule has 1 amide bonds. The van der Waals surface area contributed by atoms with E-state index in [0.29, 0.717) is 18.0 Å². The molecule has 4 heteroatoms. The maximum atomic E-state index is 12.0. The molecule has 0 atom stereocenters. The van der Waals surface area contributed by atoms with Crippen molar-refractivity contribution in [3.63, 3.8) is 0 Å². The van der Waals surface area contributed by atoms with Gasteiger partial charge in [0, 0.05) is 13.5 Å². The maximum Gasteiger partial charge on any atom is 0.338 e. The Bertz CT molecular complexity index is 443. The molecule has 0 aromatic heterocycles. The summed E-state index contributed by atoms with van der Waals surface area (Å²) in [6, 6.07) is 0. The number of allylic oxidation sites excluding steroid dienone is 3. The number of carbonyl (C=O) groups is 2. The molecule has 0 spiro atoms. The Morgan fingerprint density at radius 3 is 2.50 bits per heavy atom. The second-order valence-electron chi connectivity index (χ2n) is 5.14. The lowest BCUT2D eigenvalue weighted by Gasteiger charge is -2.34. The summed E-state index contributed by atoms with van der Waals surface area (Å²) in [4.78, 5) is 22.8. The predicted octanol–water partition coefficient (Wildman–Crippen LogP) is 2.52. The molecular weight excluding hydrogens is 254 g/mol. The summed E-state index contributed by atoms with van der Waals surface area (Å²) in [6.45, 7) is 9.52. The quantitative estimate of drug-likeness (QED) is 0.461. The molecule has 1 saturated carbocycles. The molecule has 1 fully saturated rings. The lowest BCUT2D eigenvalue weighted by Crippen LogP contribution is -2.40. The van der Waals surface area contributed by atoms with E-state index in [1.54, 1.807) is 18.2 Å². The Morgan fingerprint density at radius 1 is 1.35 bits per heavy atom. The van der Waals surface area contributed by atoms with Crippen LogP contribution in [0, 0.1) is 5.92 Å². The third-order valence-corrected chi connectivity index (χ3v) is 3.36. The number of hydrogen-bond acceptors (Lipinski definition) is 3. The van der Waals surface area contributed by atoms with E-state index in [9.17, 15) is 9.59 Å². The van der Waals surface area contributed by atoms with E-state index in [2.05, 4.69) is 11.9 Å². The zero-order valence-corrected chi connectivity index (χ0v) is 12.4. The second-order valence-corrected chi connectivity index (χ2v) is 5.14. The minimum absolute atomic E-state index is 0.0216. The van der Waals surface area contributed by atoms with Gasteiger partial charge >= 0.3 is 5.97 Å². The molecule has 4 nitrogen and oxygen atoms in total. The van der Waals surface area contributed by atoms with Crippen LogP contribution in [0.2, 0.25) is 0 Å². The number of nitrogens with one attached hydrogen (secondary N) is 1. The first-order valence-corrected chi connectivity index (χ1v) is 6.88. The minimum Gasteiger partial charge on any atom is -0.459 e. The van der Waals surface area contributed by atoms with Crippen LogP contribution in [-0.2, 0) is 14.3 Å². The van der Waals surface area contributed by atoms with Crippen LogP contribution in [0.3, 0.4) is 0 Å². The third kappa shape index (κ3) is 5.03. The Kier molecular flexibility index (Phi) is 6.22. The molecule has 0 aromatic carbocycles. The molecule has 1 rings (SSSR count). The fraction of sp³-hybridized carbons (Fsp3) is 0.500.